The van der Waals surface area contributed by atoms with Gasteiger partial charge in [0.05, 0.1) is 0 Å². The summed E-state index contributed by atoms with van der Waals surface area (Å²) in [7, 11) is 0. The number of hydrogen-bond acceptors (Lipinski definition) is 3. The van der Waals surface area contributed by atoms with E-state index >= 15 is 0 Å². The van der Waals surface area contributed by atoms with Crippen molar-refractivity contribution in [1.29, 1.82) is 5.26 Å². The summed E-state index contributed by atoms with van der Waals surface area (Å²) in [6, 6.07) is 10.9. The molecule has 1 saturated carbocycles. The minimum atomic E-state index is -0.474. The van der Waals surface area contributed by atoms with Gasteiger partial charge in [0.25, 0.3) is 5.91 Å². The fourth-order valence-electron chi connectivity index (χ4n) is 3.31. The van der Waals surface area contributed by atoms with Crippen LogP contribution in [0.2, 0.25) is 0 Å². The van der Waals surface area contributed by atoms with Crippen molar-refractivity contribution < 1.29 is 9.59 Å². The Morgan fingerprint density at radius 2 is 1.90 bits per heavy atom. The summed E-state index contributed by atoms with van der Waals surface area (Å²) >= 11 is 0. The molecule has 0 radical (unpaired) electrons. The first-order valence-corrected chi connectivity index (χ1v) is 9.93. The van der Waals surface area contributed by atoms with Gasteiger partial charge in [-0.25, -0.2) is 0 Å². The van der Waals surface area contributed by atoms with Gasteiger partial charge in [-0.15, -0.1) is 0 Å². The van der Waals surface area contributed by atoms with Crippen LogP contribution in [-0.4, -0.2) is 16.4 Å². The molecule has 0 bridgehead atoms. The van der Waals surface area contributed by atoms with Crippen LogP contribution >= 0.6 is 0 Å². The van der Waals surface area contributed by atoms with Crippen molar-refractivity contribution in [2.45, 2.75) is 46.6 Å². The number of aryl methyl sites for hydroxylation is 1. The second kappa shape index (κ2) is 8.78. The molecule has 2 aromatic rings. The van der Waals surface area contributed by atoms with E-state index in [1.165, 1.54) is 0 Å². The highest BCUT2D eigenvalue weighted by atomic mass is 16.2. The lowest BCUT2D eigenvalue weighted by Gasteiger charge is -2.09. The Labute approximate surface area is 171 Å². The third-order valence-electron chi connectivity index (χ3n) is 5.06. The first-order valence-electron chi connectivity index (χ1n) is 9.93. The van der Waals surface area contributed by atoms with Crippen LogP contribution in [0.25, 0.3) is 6.08 Å². The number of anilines is 2. The maximum absolute atomic E-state index is 12.6. The van der Waals surface area contributed by atoms with Gasteiger partial charge in [0.15, 0.2) is 0 Å². The van der Waals surface area contributed by atoms with Gasteiger partial charge in [-0.3, -0.25) is 9.59 Å². The fraction of sp³-hybridized carbons (Fsp3) is 0.348. The van der Waals surface area contributed by atoms with Gasteiger partial charge in [0, 0.05) is 35.2 Å². The largest absolute Gasteiger partial charge is 0.349 e. The molecular weight excluding hydrogens is 364 g/mol. The molecule has 1 aromatic heterocycles. The molecule has 29 heavy (non-hydrogen) atoms. The normalized spacial score (nSPS) is 13.7. The highest BCUT2D eigenvalue weighted by Gasteiger charge is 2.29. The van der Waals surface area contributed by atoms with E-state index in [1.807, 2.05) is 26.0 Å². The Hall–Kier alpha value is -3.33. The molecule has 0 spiro atoms. The number of carbonyl (C=O) groups excluding carboxylic acids is 2. The van der Waals surface area contributed by atoms with Gasteiger partial charge in [0.2, 0.25) is 5.91 Å². The lowest BCUT2D eigenvalue weighted by molar-refractivity contribution is -0.117. The monoisotopic (exact) mass is 390 g/mol. The van der Waals surface area contributed by atoms with Crippen LogP contribution in [0.3, 0.4) is 0 Å². The Morgan fingerprint density at radius 3 is 2.52 bits per heavy atom. The smallest absolute Gasteiger partial charge is 0.266 e. The minimum Gasteiger partial charge on any atom is -0.349 e. The Balaban J connectivity index is 1.75. The maximum atomic E-state index is 12.6. The van der Waals surface area contributed by atoms with E-state index in [4.69, 9.17) is 0 Å². The van der Waals surface area contributed by atoms with Crippen LogP contribution in [-0.2, 0) is 16.1 Å². The van der Waals surface area contributed by atoms with Crippen molar-refractivity contribution in [2.24, 2.45) is 5.92 Å². The van der Waals surface area contributed by atoms with Gasteiger partial charge >= 0.3 is 0 Å². The van der Waals surface area contributed by atoms with Crippen molar-refractivity contribution in [3.05, 3.63) is 52.9 Å². The molecule has 6 heteroatoms. The molecule has 0 atom stereocenters. The number of hydrogen-bond donors (Lipinski definition) is 2. The minimum absolute atomic E-state index is 0.00789. The van der Waals surface area contributed by atoms with Crippen LogP contribution in [0.5, 0.6) is 0 Å². The lowest BCUT2D eigenvalue weighted by Crippen LogP contribution is -2.15. The van der Waals surface area contributed by atoms with Gasteiger partial charge in [-0.05, 0) is 69.0 Å². The molecule has 1 aliphatic carbocycles. The van der Waals surface area contributed by atoms with E-state index in [2.05, 4.69) is 22.1 Å². The van der Waals surface area contributed by atoms with Crippen LogP contribution in [0, 0.1) is 31.1 Å². The zero-order chi connectivity index (χ0) is 21.0. The number of nitrogens with one attached hydrogen (secondary N) is 2. The Bertz CT molecular complexity index is 1010. The van der Waals surface area contributed by atoms with Crippen molar-refractivity contribution in [1.82, 2.24) is 4.57 Å². The average molecular weight is 390 g/mol. The summed E-state index contributed by atoms with van der Waals surface area (Å²) in [6.45, 7) is 7.03. The Morgan fingerprint density at radius 1 is 1.21 bits per heavy atom. The summed E-state index contributed by atoms with van der Waals surface area (Å²) in [5, 5.41) is 15.1. The second-order valence-electron chi connectivity index (χ2n) is 7.45. The molecule has 0 unspecified atom stereocenters. The molecular formula is C23H26N4O2. The van der Waals surface area contributed by atoms with E-state index in [1.54, 1.807) is 30.3 Å². The predicted molar refractivity (Wildman–Crippen MR) is 114 cm³/mol. The molecule has 3 rings (SSSR count). The average Bonchev–Trinajstić information content (AvgIpc) is 3.50. The molecule has 1 heterocycles. The second-order valence-corrected chi connectivity index (χ2v) is 7.45. The van der Waals surface area contributed by atoms with E-state index in [-0.39, 0.29) is 17.4 Å². The molecule has 2 N–H and O–H groups in total. The number of nitrogens with zero attached hydrogens (tertiary/aromatic N) is 2. The zero-order valence-corrected chi connectivity index (χ0v) is 17.1. The third-order valence-corrected chi connectivity index (χ3v) is 5.06. The fourth-order valence-corrected chi connectivity index (χ4v) is 3.31. The number of rotatable bonds is 7. The molecule has 1 fully saturated rings. The number of nitriles is 1. The molecule has 2 amide bonds. The van der Waals surface area contributed by atoms with Gasteiger partial charge in [-0.2, -0.15) is 5.26 Å². The highest BCUT2D eigenvalue weighted by molar-refractivity contribution is 6.10. The van der Waals surface area contributed by atoms with E-state index in [9.17, 15) is 14.9 Å². The van der Waals surface area contributed by atoms with Gasteiger partial charge < -0.3 is 15.2 Å². The Kier molecular flexibility index (Phi) is 6.18. The number of amides is 2. The van der Waals surface area contributed by atoms with E-state index in [0.717, 1.165) is 42.8 Å². The molecule has 6 nitrogen and oxygen atoms in total. The topological polar surface area (TPSA) is 86.9 Å². The summed E-state index contributed by atoms with van der Waals surface area (Å²) in [5.41, 5.74) is 4.20. The molecule has 0 saturated heterocycles. The van der Waals surface area contributed by atoms with E-state index < -0.39 is 5.91 Å². The van der Waals surface area contributed by atoms with E-state index in [0.29, 0.717) is 11.4 Å². The van der Waals surface area contributed by atoms with Crippen molar-refractivity contribution in [3.8, 4) is 6.07 Å². The van der Waals surface area contributed by atoms with Crippen LogP contribution < -0.4 is 10.6 Å². The number of carbonyl (C=O) groups is 2. The molecule has 150 valence electrons. The third kappa shape index (κ3) is 4.94. The van der Waals surface area contributed by atoms with Crippen molar-refractivity contribution in [3.63, 3.8) is 0 Å². The quantitative estimate of drug-likeness (QED) is 0.542. The summed E-state index contributed by atoms with van der Waals surface area (Å²) < 4.78 is 2.19. The first-order chi connectivity index (χ1) is 13.9. The first kappa shape index (κ1) is 20.4. The summed E-state index contributed by atoms with van der Waals surface area (Å²) in [5.74, 6) is -0.361. The van der Waals surface area contributed by atoms with Gasteiger partial charge in [0.1, 0.15) is 11.6 Å². The predicted octanol–water partition coefficient (Wildman–Crippen LogP) is 4.41. The zero-order valence-electron chi connectivity index (χ0n) is 17.1. The van der Waals surface area contributed by atoms with Crippen LogP contribution in [0.15, 0.2) is 35.9 Å². The highest BCUT2D eigenvalue weighted by Crippen LogP contribution is 2.30. The maximum Gasteiger partial charge on any atom is 0.266 e. The molecule has 1 aliphatic rings. The van der Waals surface area contributed by atoms with Gasteiger partial charge in [-0.1, -0.05) is 13.0 Å². The lowest BCUT2D eigenvalue weighted by atomic mass is 10.1. The van der Waals surface area contributed by atoms with Crippen molar-refractivity contribution >= 4 is 29.3 Å². The van der Waals surface area contributed by atoms with Crippen molar-refractivity contribution in [2.75, 3.05) is 10.6 Å². The standard InChI is InChI=1S/C23H26N4O2/c1-4-10-27-15(2)11-18(16(27)3)12-19(14-24)23(29)26-21-7-5-6-20(13-21)25-22(28)17-8-9-17/h5-7,11-13,17H,4,8-10H2,1-3H3,(H,25,28)(H,26,29)/b19-12+. The number of benzene rings is 1. The SMILES string of the molecule is CCCn1c(C)cc(/C=C(\C#N)C(=O)Nc2cccc(NC(=O)C3CC3)c2)c1C. The summed E-state index contributed by atoms with van der Waals surface area (Å²) in [6.07, 6.45) is 4.50. The van der Waals surface area contributed by atoms with Crippen LogP contribution in [0.1, 0.15) is 43.1 Å². The molecule has 0 aliphatic heterocycles. The van der Waals surface area contributed by atoms with Crippen LogP contribution in [0.4, 0.5) is 11.4 Å². The molecule has 1 aromatic carbocycles. The summed E-state index contributed by atoms with van der Waals surface area (Å²) in [4.78, 5) is 24.6. The number of aromatic nitrogens is 1.